The minimum Gasteiger partial charge on any atom is -0.493 e. The van der Waals surface area contributed by atoms with E-state index in [1.165, 1.54) is 13.3 Å². The van der Waals surface area contributed by atoms with Crippen LogP contribution in [0.4, 0.5) is 0 Å². The number of nitrogens with one attached hydrogen (secondary N) is 1. The lowest BCUT2D eigenvalue weighted by Gasteiger charge is -2.14. The van der Waals surface area contributed by atoms with Crippen molar-refractivity contribution in [2.24, 2.45) is 5.10 Å². The van der Waals surface area contributed by atoms with Crippen LogP contribution in [0.5, 0.6) is 17.4 Å². The molecule has 1 N–H and O–H groups in total. The number of nitrogens with zero attached hydrogens (tertiary/aromatic N) is 3. The van der Waals surface area contributed by atoms with E-state index in [9.17, 15) is 10.1 Å². The monoisotopic (exact) mass is 650 g/mol. The van der Waals surface area contributed by atoms with Gasteiger partial charge in [-0.3, -0.25) is 4.79 Å². The molecule has 0 aliphatic rings. The van der Waals surface area contributed by atoms with Crippen molar-refractivity contribution in [1.82, 2.24) is 10.4 Å². The van der Waals surface area contributed by atoms with Crippen molar-refractivity contribution in [2.45, 2.75) is 20.1 Å². The first-order valence-electron chi connectivity index (χ1n) is 12.2. The Hall–Kier alpha value is -4.21. The highest BCUT2D eigenvalue weighted by Gasteiger charge is 2.15. The summed E-state index contributed by atoms with van der Waals surface area (Å²) >= 11 is 2.18. The van der Waals surface area contributed by atoms with E-state index in [0.29, 0.717) is 34.9 Å². The minimum atomic E-state index is -0.506. The number of pyridine rings is 1. The van der Waals surface area contributed by atoms with Crippen molar-refractivity contribution < 1.29 is 23.7 Å². The number of hydrogen-bond acceptors (Lipinski definition) is 8. The van der Waals surface area contributed by atoms with Gasteiger partial charge in [-0.1, -0.05) is 42.5 Å². The number of rotatable bonds is 11. The Labute approximate surface area is 245 Å². The molecule has 0 radical (unpaired) electrons. The second-order valence-corrected chi connectivity index (χ2v) is 9.85. The standard InChI is InChI=1S/C30H27IN4O5/c1-19-11-23(16-37-2)25(14-32)30(34-19)40-18-28(36)35-33-15-20-12-26(31)29(27(13-20)38-3)39-17-22-9-6-8-21-7-4-5-10-24(21)22/h4-13,15H,16-18H2,1-3H3,(H,35,36)/b33-15-. The number of halogens is 1. The molecule has 0 saturated heterocycles. The van der Waals surface area contributed by atoms with E-state index in [4.69, 9.17) is 18.9 Å². The van der Waals surface area contributed by atoms with Gasteiger partial charge in [-0.25, -0.2) is 10.4 Å². The number of methoxy groups -OCH3 is 2. The first-order chi connectivity index (χ1) is 19.4. The predicted molar refractivity (Wildman–Crippen MR) is 160 cm³/mol. The molecule has 0 bridgehead atoms. The lowest BCUT2D eigenvalue weighted by atomic mass is 10.1. The van der Waals surface area contributed by atoms with Crippen molar-refractivity contribution in [1.29, 1.82) is 5.26 Å². The van der Waals surface area contributed by atoms with E-state index < -0.39 is 5.91 Å². The fourth-order valence-corrected chi connectivity index (χ4v) is 4.85. The van der Waals surface area contributed by atoms with Gasteiger partial charge in [-0.05, 0) is 69.6 Å². The highest BCUT2D eigenvalue weighted by atomic mass is 127. The van der Waals surface area contributed by atoms with E-state index in [-0.39, 0.29) is 24.7 Å². The normalized spacial score (nSPS) is 10.9. The second kappa shape index (κ2) is 13.7. The zero-order valence-corrected chi connectivity index (χ0v) is 24.4. The Bertz CT molecular complexity index is 1590. The molecular formula is C30H27IN4O5. The predicted octanol–water partition coefficient (Wildman–Crippen LogP) is 5.28. The van der Waals surface area contributed by atoms with Crippen molar-refractivity contribution in [3.63, 3.8) is 0 Å². The van der Waals surface area contributed by atoms with E-state index in [1.807, 2.05) is 30.3 Å². The molecule has 3 aromatic carbocycles. The van der Waals surface area contributed by atoms with Crippen molar-refractivity contribution in [3.05, 3.63) is 92.2 Å². The van der Waals surface area contributed by atoms with Gasteiger partial charge in [0.1, 0.15) is 18.2 Å². The zero-order valence-electron chi connectivity index (χ0n) is 22.2. The molecule has 0 aliphatic heterocycles. The van der Waals surface area contributed by atoms with Gasteiger partial charge >= 0.3 is 0 Å². The topological polar surface area (TPSA) is 115 Å². The van der Waals surface area contributed by atoms with Gasteiger partial charge in [0.2, 0.25) is 5.88 Å². The number of hydrogen-bond donors (Lipinski definition) is 1. The Morgan fingerprint density at radius 1 is 1.07 bits per heavy atom. The van der Waals surface area contributed by atoms with Crippen LogP contribution in [0.25, 0.3) is 10.8 Å². The Kier molecular flexibility index (Phi) is 9.88. The molecular weight excluding hydrogens is 623 g/mol. The first kappa shape index (κ1) is 28.8. The number of fused-ring (bicyclic) bond motifs is 1. The molecule has 9 nitrogen and oxygen atoms in total. The second-order valence-electron chi connectivity index (χ2n) is 8.69. The van der Waals surface area contributed by atoms with Crippen LogP contribution < -0.4 is 19.6 Å². The summed E-state index contributed by atoms with van der Waals surface area (Å²) in [6, 6.07) is 21.8. The number of ether oxygens (including phenoxy) is 4. The summed E-state index contributed by atoms with van der Waals surface area (Å²) in [7, 11) is 3.11. The zero-order chi connectivity index (χ0) is 28.5. The molecule has 0 atom stereocenters. The summed E-state index contributed by atoms with van der Waals surface area (Å²) < 4.78 is 23.2. The molecule has 0 saturated carbocycles. The number of carbonyl (C=O) groups is 1. The fraction of sp³-hybridized carbons (Fsp3) is 0.200. The van der Waals surface area contributed by atoms with Crippen molar-refractivity contribution in [2.75, 3.05) is 20.8 Å². The van der Waals surface area contributed by atoms with Gasteiger partial charge in [0, 0.05) is 18.4 Å². The fourth-order valence-electron chi connectivity index (χ4n) is 4.07. The Morgan fingerprint density at radius 3 is 2.65 bits per heavy atom. The minimum absolute atomic E-state index is 0.0760. The van der Waals surface area contributed by atoms with E-state index in [1.54, 1.807) is 26.2 Å². The first-order valence-corrected chi connectivity index (χ1v) is 13.3. The maximum Gasteiger partial charge on any atom is 0.278 e. The Balaban J connectivity index is 1.39. The Morgan fingerprint density at radius 2 is 1.88 bits per heavy atom. The van der Waals surface area contributed by atoms with Gasteiger partial charge in [0.05, 0.1) is 23.5 Å². The van der Waals surface area contributed by atoms with Crippen molar-refractivity contribution >= 4 is 45.5 Å². The van der Waals surface area contributed by atoms with Gasteiger partial charge in [-0.2, -0.15) is 10.4 Å². The smallest absolute Gasteiger partial charge is 0.278 e. The number of hydrazone groups is 1. The summed E-state index contributed by atoms with van der Waals surface area (Å²) in [5.74, 6) is 0.738. The van der Waals surface area contributed by atoms with Crippen LogP contribution in [0.2, 0.25) is 0 Å². The molecule has 1 heterocycles. The number of benzene rings is 3. The van der Waals surface area contributed by atoms with Crippen LogP contribution >= 0.6 is 22.6 Å². The third-order valence-corrected chi connectivity index (χ3v) is 6.66. The van der Waals surface area contributed by atoms with Crippen molar-refractivity contribution in [3.8, 4) is 23.4 Å². The van der Waals surface area contributed by atoms with Gasteiger partial charge in [0.15, 0.2) is 18.1 Å². The van der Waals surface area contributed by atoms with Gasteiger partial charge in [0.25, 0.3) is 5.91 Å². The number of carbonyl (C=O) groups excluding carboxylic acids is 1. The third kappa shape index (κ3) is 7.05. The molecule has 10 heteroatoms. The molecule has 1 amide bonds. The molecule has 4 rings (SSSR count). The number of amides is 1. The average Bonchev–Trinajstić information content (AvgIpc) is 2.95. The summed E-state index contributed by atoms with van der Waals surface area (Å²) in [5, 5.41) is 15.8. The van der Waals surface area contributed by atoms with Gasteiger partial charge < -0.3 is 18.9 Å². The van der Waals surface area contributed by atoms with Crippen LogP contribution in [-0.2, 0) is 22.7 Å². The van der Waals surface area contributed by atoms with Crippen LogP contribution in [0.3, 0.4) is 0 Å². The highest BCUT2D eigenvalue weighted by molar-refractivity contribution is 14.1. The third-order valence-electron chi connectivity index (χ3n) is 5.85. The molecule has 204 valence electrons. The average molecular weight is 650 g/mol. The summed E-state index contributed by atoms with van der Waals surface area (Å²) in [6.07, 6.45) is 1.50. The lowest BCUT2D eigenvalue weighted by Crippen LogP contribution is -2.25. The van der Waals surface area contributed by atoms with Crippen LogP contribution in [0.15, 0.2) is 65.8 Å². The lowest BCUT2D eigenvalue weighted by molar-refractivity contribution is -0.123. The molecule has 0 spiro atoms. The number of aryl methyl sites for hydroxylation is 1. The summed E-state index contributed by atoms with van der Waals surface area (Å²) in [5.41, 5.74) is 5.72. The van der Waals surface area contributed by atoms with E-state index >= 15 is 0 Å². The van der Waals surface area contributed by atoms with Gasteiger partial charge in [-0.15, -0.1) is 0 Å². The molecule has 1 aromatic heterocycles. The van der Waals surface area contributed by atoms with Crippen LogP contribution in [-0.4, -0.2) is 37.9 Å². The quantitative estimate of drug-likeness (QED) is 0.133. The van der Waals surface area contributed by atoms with E-state index in [0.717, 1.165) is 19.9 Å². The number of aromatic nitrogens is 1. The number of nitriles is 1. The SMILES string of the molecule is COCc1cc(C)nc(OCC(=O)N/N=C\c2cc(I)c(OCc3cccc4ccccc34)c(OC)c2)c1C#N. The van der Waals surface area contributed by atoms with E-state index in [2.05, 4.69) is 62.4 Å². The maximum absolute atomic E-state index is 12.3. The largest absolute Gasteiger partial charge is 0.493 e. The molecule has 0 fully saturated rings. The van der Waals surface area contributed by atoms with Crippen LogP contribution in [0.1, 0.15) is 27.9 Å². The highest BCUT2D eigenvalue weighted by Crippen LogP contribution is 2.34. The summed E-state index contributed by atoms with van der Waals surface area (Å²) in [4.78, 5) is 16.6. The molecule has 0 unspecified atom stereocenters. The van der Waals surface area contributed by atoms with Crippen LogP contribution in [0, 0.1) is 21.8 Å². The maximum atomic E-state index is 12.3. The molecule has 4 aromatic rings. The molecule has 0 aliphatic carbocycles. The summed E-state index contributed by atoms with van der Waals surface area (Å²) in [6.45, 7) is 2.02. The molecule has 40 heavy (non-hydrogen) atoms.